The molecule has 1 saturated heterocycles. The van der Waals surface area contributed by atoms with E-state index >= 15 is 0 Å². The van der Waals surface area contributed by atoms with Gasteiger partial charge in [0.25, 0.3) is 0 Å². The number of benzene rings is 1. The van der Waals surface area contributed by atoms with Gasteiger partial charge in [-0.2, -0.15) is 0 Å². The van der Waals surface area contributed by atoms with Gasteiger partial charge in [-0.3, -0.25) is 4.79 Å². The molecular formula is C24H22ClN5O2. The molecule has 5 rings (SSSR count). The highest BCUT2D eigenvalue weighted by Crippen LogP contribution is 2.39. The molecule has 8 heteroatoms. The first-order valence-corrected chi connectivity index (χ1v) is 11.0. The van der Waals surface area contributed by atoms with E-state index < -0.39 is 0 Å². The topological polar surface area (TPSA) is 85.0 Å². The van der Waals surface area contributed by atoms with E-state index in [0.717, 1.165) is 41.6 Å². The summed E-state index contributed by atoms with van der Waals surface area (Å²) in [4.78, 5) is 32.2. The first-order valence-electron chi connectivity index (χ1n) is 10.6. The molecule has 0 spiro atoms. The average Bonchev–Trinajstić information content (AvgIpc) is 3.22. The van der Waals surface area contributed by atoms with Gasteiger partial charge in [-0.15, -0.1) is 0 Å². The van der Waals surface area contributed by atoms with Crippen molar-refractivity contribution in [3.63, 3.8) is 0 Å². The van der Waals surface area contributed by atoms with Gasteiger partial charge in [0.15, 0.2) is 23.6 Å². The lowest BCUT2D eigenvalue weighted by atomic mass is 9.92. The molecular weight excluding hydrogens is 426 g/mol. The number of hydrogen-bond acceptors (Lipinski definition) is 7. The molecule has 2 atom stereocenters. The van der Waals surface area contributed by atoms with Crippen molar-refractivity contribution in [3.8, 4) is 11.4 Å². The lowest BCUT2D eigenvalue weighted by Crippen LogP contribution is -2.41. The van der Waals surface area contributed by atoms with E-state index in [1.165, 1.54) is 0 Å². The Balaban J connectivity index is 1.57. The van der Waals surface area contributed by atoms with Crippen LogP contribution in [0.5, 0.6) is 0 Å². The summed E-state index contributed by atoms with van der Waals surface area (Å²) < 4.78 is 6.08. The number of hydrogen-bond donors (Lipinski definition) is 0. The third-order valence-corrected chi connectivity index (χ3v) is 6.20. The maximum atomic E-state index is 11.9. The van der Waals surface area contributed by atoms with Crippen LogP contribution in [0.15, 0.2) is 47.1 Å². The summed E-state index contributed by atoms with van der Waals surface area (Å²) in [5.74, 6) is 1.30. The van der Waals surface area contributed by atoms with E-state index in [1.54, 1.807) is 24.5 Å². The Bertz CT molecular complexity index is 1290. The van der Waals surface area contributed by atoms with Crippen molar-refractivity contribution in [1.29, 1.82) is 0 Å². The molecule has 0 radical (unpaired) electrons. The van der Waals surface area contributed by atoms with E-state index in [1.807, 2.05) is 25.1 Å². The molecule has 162 valence electrons. The molecule has 3 aromatic heterocycles. The van der Waals surface area contributed by atoms with E-state index in [2.05, 4.69) is 26.8 Å². The zero-order valence-electron chi connectivity index (χ0n) is 17.8. The molecule has 0 amide bonds. The molecule has 0 bridgehead atoms. The molecule has 1 fully saturated rings. The number of piperidine rings is 1. The smallest absolute Gasteiger partial charge is 0.200 e. The lowest BCUT2D eigenvalue weighted by molar-refractivity contribution is 0.111. The third-order valence-electron chi connectivity index (χ3n) is 5.96. The Hall–Kier alpha value is -3.32. The Kier molecular flexibility index (Phi) is 5.35. The van der Waals surface area contributed by atoms with E-state index in [0.29, 0.717) is 34.5 Å². The molecule has 1 aromatic carbocycles. The van der Waals surface area contributed by atoms with Crippen LogP contribution in [0.1, 0.15) is 47.8 Å². The summed E-state index contributed by atoms with van der Waals surface area (Å²) in [5, 5.41) is 0.636. The summed E-state index contributed by atoms with van der Waals surface area (Å²) in [6.07, 6.45) is 6.04. The van der Waals surface area contributed by atoms with Gasteiger partial charge in [0, 0.05) is 35.7 Å². The fraction of sp³-hybridized carbons (Fsp3) is 0.292. The molecule has 32 heavy (non-hydrogen) atoms. The summed E-state index contributed by atoms with van der Waals surface area (Å²) in [5.41, 5.74) is 4.17. The highest BCUT2D eigenvalue weighted by atomic mass is 35.5. The van der Waals surface area contributed by atoms with E-state index in [-0.39, 0.29) is 12.0 Å². The summed E-state index contributed by atoms with van der Waals surface area (Å²) in [6, 6.07) is 9.49. The van der Waals surface area contributed by atoms with Crippen LogP contribution in [0.3, 0.4) is 0 Å². The number of pyridine rings is 1. The number of rotatable bonds is 4. The molecule has 4 aromatic rings. The summed E-state index contributed by atoms with van der Waals surface area (Å²) >= 11 is 6.12. The van der Waals surface area contributed by atoms with Gasteiger partial charge in [0.1, 0.15) is 11.2 Å². The van der Waals surface area contributed by atoms with Crippen LogP contribution in [0.4, 0.5) is 5.69 Å². The van der Waals surface area contributed by atoms with Crippen LogP contribution < -0.4 is 4.90 Å². The highest BCUT2D eigenvalue weighted by molar-refractivity contribution is 6.31. The van der Waals surface area contributed by atoms with Crippen molar-refractivity contribution in [1.82, 2.24) is 19.9 Å². The first kappa shape index (κ1) is 20.6. The van der Waals surface area contributed by atoms with Gasteiger partial charge < -0.3 is 9.32 Å². The Morgan fingerprint density at radius 3 is 2.75 bits per heavy atom. The SMILES string of the molecule is Cc1cc(N2C[C@H](c3nc4cc(Cl)ccc4o3)CC[C@H]2C)c(-c2ncccn2)c(C=O)n1. The van der Waals surface area contributed by atoms with Gasteiger partial charge in [-0.1, -0.05) is 11.6 Å². The molecule has 0 saturated carbocycles. The number of aryl methyl sites for hydroxylation is 1. The molecule has 0 N–H and O–H groups in total. The maximum absolute atomic E-state index is 11.9. The summed E-state index contributed by atoms with van der Waals surface area (Å²) in [6.45, 7) is 4.78. The standard InChI is InChI=1S/C24H22ClN5O2/c1-14-10-20(22(19(13-31)28-14)23-26-8-3-9-27-23)30-12-16(5-4-15(30)2)24-29-18-11-17(25)6-7-21(18)32-24/h3,6-11,13,15-16H,4-5,12H2,1-2H3/t15-,16-/m1/s1. The minimum absolute atomic E-state index is 0.107. The van der Waals surface area contributed by atoms with Crippen molar-refractivity contribution in [2.24, 2.45) is 0 Å². The molecule has 4 heterocycles. The van der Waals surface area contributed by atoms with E-state index in [9.17, 15) is 4.79 Å². The van der Waals surface area contributed by atoms with Crippen molar-refractivity contribution < 1.29 is 9.21 Å². The number of carbonyl (C=O) groups excluding carboxylic acids is 1. The number of carbonyl (C=O) groups is 1. The number of nitrogens with zero attached hydrogens (tertiary/aromatic N) is 5. The minimum atomic E-state index is 0.107. The van der Waals surface area contributed by atoms with Crippen LogP contribution in [0, 0.1) is 6.92 Å². The number of aldehydes is 1. The number of halogens is 1. The zero-order valence-corrected chi connectivity index (χ0v) is 18.6. The normalized spacial score (nSPS) is 18.8. The highest BCUT2D eigenvalue weighted by Gasteiger charge is 2.32. The van der Waals surface area contributed by atoms with Crippen molar-refractivity contribution in [2.45, 2.75) is 38.6 Å². The lowest BCUT2D eigenvalue weighted by Gasteiger charge is -2.39. The fourth-order valence-electron chi connectivity index (χ4n) is 4.39. The van der Waals surface area contributed by atoms with Crippen molar-refractivity contribution in [2.75, 3.05) is 11.4 Å². The number of oxazole rings is 1. The second kappa shape index (κ2) is 8.31. The van der Waals surface area contributed by atoms with Crippen molar-refractivity contribution in [3.05, 3.63) is 65.0 Å². The van der Waals surface area contributed by atoms with Gasteiger partial charge in [0.05, 0.1) is 17.2 Å². The van der Waals surface area contributed by atoms with Gasteiger partial charge in [-0.25, -0.2) is 19.9 Å². The predicted molar refractivity (Wildman–Crippen MR) is 123 cm³/mol. The second-order valence-corrected chi connectivity index (χ2v) is 8.61. The maximum Gasteiger partial charge on any atom is 0.200 e. The minimum Gasteiger partial charge on any atom is -0.440 e. The average molecular weight is 448 g/mol. The number of anilines is 1. The van der Waals surface area contributed by atoms with Crippen LogP contribution in [-0.4, -0.2) is 38.8 Å². The fourth-order valence-corrected chi connectivity index (χ4v) is 4.55. The molecule has 0 aliphatic carbocycles. The van der Waals surface area contributed by atoms with Gasteiger partial charge in [0.2, 0.25) is 0 Å². The van der Waals surface area contributed by atoms with Gasteiger partial charge in [-0.05, 0) is 57.0 Å². The van der Waals surface area contributed by atoms with Crippen LogP contribution >= 0.6 is 11.6 Å². The molecule has 1 aliphatic rings. The van der Waals surface area contributed by atoms with Gasteiger partial charge >= 0.3 is 0 Å². The third kappa shape index (κ3) is 3.73. The van der Waals surface area contributed by atoms with Crippen LogP contribution in [0.25, 0.3) is 22.5 Å². The second-order valence-electron chi connectivity index (χ2n) is 8.17. The van der Waals surface area contributed by atoms with Crippen LogP contribution in [-0.2, 0) is 0 Å². The monoisotopic (exact) mass is 447 g/mol. The summed E-state index contributed by atoms with van der Waals surface area (Å²) in [7, 11) is 0. The van der Waals surface area contributed by atoms with E-state index in [4.69, 9.17) is 21.0 Å². The Labute approximate surface area is 190 Å². The van der Waals surface area contributed by atoms with Crippen molar-refractivity contribution >= 4 is 34.7 Å². The Morgan fingerprint density at radius 2 is 1.97 bits per heavy atom. The largest absolute Gasteiger partial charge is 0.440 e. The quantitative estimate of drug-likeness (QED) is 0.396. The van der Waals surface area contributed by atoms with Crippen LogP contribution in [0.2, 0.25) is 5.02 Å². The molecule has 1 aliphatic heterocycles. The first-order chi connectivity index (χ1) is 15.5. The molecule has 0 unspecified atom stereocenters. The predicted octanol–water partition coefficient (Wildman–Crippen LogP) is 5.23. The number of aromatic nitrogens is 4. The zero-order chi connectivity index (χ0) is 22.2. The number of fused-ring (bicyclic) bond motifs is 1. The molecule has 7 nitrogen and oxygen atoms in total. The Morgan fingerprint density at radius 1 is 1.16 bits per heavy atom.